The van der Waals surface area contributed by atoms with Gasteiger partial charge in [-0.25, -0.2) is 0 Å². The number of hydrogen-bond donors (Lipinski definition) is 1. The molecule has 0 aromatic carbocycles. The summed E-state index contributed by atoms with van der Waals surface area (Å²) in [5.74, 6) is -0.457. The number of esters is 1. The summed E-state index contributed by atoms with van der Waals surface area (Å²) in [5.41, 5.74) is 0. The van der Waals surface area contributed by atoms with E-state index >= 15 is 0 Å². The van der Waals surface area contributed by atoms with Gasteiger partial charge in [0, 0.05) is 0 Å². The lowest BCUT2D eigenvalue weighted by molar-refractivity contribution is -0.151. The third kappa shape index (κ3) is 6.86. The highest BCUT2D eigenvalue weighted by Gasteiger charge is 2.12. The first-order valence-corrected chi connectivity index (χ1v) is 4.89. The predicted octanol–water partition coefficient (Wildman–Crippen LogP) is 0.971. The quantitative estimate of drug-likeness (QED) is 0.655. The van der Waals surface area contributed by atoms with Crippen molar-refractivity contribution in [2.75, 3.05) is 13.2 Å². The van der Waals surface area contributed by atoms with Crippen LogP contribution in [0, 0.1) is 5.92 Å². The summed E-state index contributed by atoms with van der Waals surface area (Å²) in [6, 6.07) is 0. The van der Waals surface area contributed by atoms with Crippen molar-refractivity contribution >= 4 is 5.97 Å². The van der Waals surface area contributed by atoms with Gasteiger partial charge in [-0.2, -0.15) is 0 Å². The summed E-state index contributed by atoms with van der Waals surface area (Å²) in [7, 11) is 0. The first-order chi connectivity index (χ1) is 6.43. The van der Waals surface area contributed by atoms with Gasteiger partial charge in [0.1, 0.15) is 12.7 Å². The van der Waals surface area contributed by atoms with Gasteiger partial charge in [-0.15, -0.1) is 0 Å². The van der Waals surface area contributed by atoms with Crippen molar-refractivity contribution in [3.8, 4) is 0 Å². The number of hydrogen-bond acceptors (Lipinski definition) is 4. The number of rotatable bonds is 6. The lowest BCUT2D eigenvalue weighted by atomic mass is 10.2. The Morgan fingerprint density at radius 1 is 1.21 bits per heavy atom. The van der Waals surface area contributed by atoms with E-state index in [0.717, 1.165) is 0 Å². The van der Waals surface area contributed by atoms with E-state index in [-0.39, 0.29) is 31.2 Å². The molecule has 1 atom stereocenters. The largest absolute Gasteiger partial charge is 0.463 e. The molecule has 0 fully saturated rings. The Kier molecular flexibility index (Phi) is 6.49. The van der Waals surface area contributed by atoms with Crippen molar-refractivity contribution in [2.24, 2.45) is 5.92 Å². The maximum atomic E-state index is 11.0. The fourth-order valence-electron chi connectivity index (χ4n) is 0.697. The van der Waals surface area contributed by atoms with Gasteiger partial charge in [-0.05, 0) is 13.8 Å². The highest BCUT2D eigenvalue weighted by Crippen LogP contribution is 1.98. The summed E-state index contributed by atoms with van der Waals surface area (Å²) in [6.07, 6.45) is -0.662. The van der Waals surface area contributed by atoms with Crippen LogP contribution < -0.4 is 0 Å². The first-order valence-electron chi connectivity index (χ1n) is 4.89. The van der Waals surface area contributed by atoms with Gasteiger partial charge >= 0.3 is 5.97 Å². The summed E-state index contributed by atoms with van der Waals surface area (Å²) >= 11 is 0. The summed E-state index contributed by atoms with van der Waals surface area (Å²) in [5, 5.41) is 9.33. The number of aliphatic hydroxyl groups excluding tert-OH is 1. The lowest BCUT2D eigenvalue weighted by Crippen LogP contribution is -2.26. The van der Waals surface area contributed by atoms with Gasteiger partial charge in [0.25, 0.3) is 0 Å². The Labute approximate surface area is 85.2 Å². The third-order valence-electron chi connectivity index (χ3n) is 1.51. The standard InChI is InChI=1S/C10H20O4/c1-7(2)10(12)14-6-9(11)5-13-8(3)4/h7-9,11H,5-6H2,1-4H3. The highest BCUT2D eigenvalue weighted by atomic mass is 16.5. The molecule has 14 heavy (non-hydrogen) atoms. The molecule has 0 saturated carbocycles. The van der Waals surface area contributed by atoms with Gasteiger partial charge in [-0.3, -0.25) is 4.79 Å². The van der Waals surface area contributed by atoms with Crippen LogP contribution in [0.5, 0.6) is 0 Å². The minimum atomic E-state index is -0.736. The van der Waals surface area contributed by atoms with Crippen LogP contribution in [0.4, 0.5) is 0 Å². The van der Waals surface area contributed by atoms with Crippen LogP contribution in [0.25, 0.3) is 0 Å². The predicted molar refractivity (Wildman–Crippen MR) is 52.9 cm³/mol. The molecule has 0 bridgehead atoms. The van der Waals surface area contributed by atoms with Crippen LogP contribution in [-0.2, 0) is 14.3 Å². The topological polar surface area (TPSA) is 55.8 Å². The maximum Gasteiger partial charge on any atom is 0.308 e. The Balaban J connectivity index is 3.53. The second-order valence-corrected chi connectivity index (χ2v) is 3.82. The second-order valence-electron chi connectivity index (χ2n) is 3.82. The molecule has 0 amide bonds. The Morgan fingerprint density at radius 3 is 2.21 bits per heavy atom. The normalized spacial score (nSPS) is 13.4. The fraction of sp³-hybridized carbons (Fsp3) is 0.900. The highest BCUT2D eigenvalue weighted by molar-refractivity contribution is 5.71. The van der Waals surface area contributed by atoms with Gasteiger partial charge < -0.3 is 14.6 Å². The maximum absolute atomic E-state index is 11.0. The van der Waals surface area contributed by atoms with Gasteiger partial charge in [0.15, 0.2) is 0 Å². The van der Waals surface area contributed by atoms with Crippen LogP contribution in [0.2, 0.25) is 0 Å². The molecular weight excluding hydrogens is 184 g/mol. The molecule has 0 aliphatic carbocycles. The molecule has 1 N–H and O–H groups in total. The Bertz CT molecular complexity index is 166. The Morgan fingerprint density at radius 2 is 1.79 bits per heavy atom. The summed E-state index contributed by atoms with van der Waals surface area (Å²) in [6.45, 7) is 7.46. The van der Waals surface area contributed by atoms with Crippen LogP contribution in [0.3, 0.4) is 0 Å². The van der Waals surface area contributed by atoms with Crippen molar-refractivity contribution in [2.45, 2.75) is 39.9 Å². The number of ether oxygens (including phenoxy) is 2. The molecule has 0 saturated heterocycles. The van der Waals surface area contributed by atoms with E-state index in [4.69, 9.17) is 9.47 Å². The summed E-state index contributed by atoms with van der Waals surface area (Å²) < 4.78 is 9.98. The average molecular weight is 204 g/mol. The van der Waals surface area contributed by atoms with Crippen molar-refractivity contribution < 1.29 is 19.4 Å². The van der Waals surface area contributed by atoms with Gasteiger partial charge in [0.2, 0.25) is 0 Å². The number of carbonyl (C=O) groups is 1. The molecule has 0 radical (unpaired) electrons. The second kappa shape index (κ2) is 6.79. The molecular formula is C10H20O4. The van der Waals surface area contributed by atoms with Crippen molar-refractivity contribution in [1.29, 1.82) is 0 Å². The van der Waals surface area contributed by atoms with E-state index in [9.17, 15) is 9.90 Å². The van der Waals surface area contributed by atoms with Gasteiger partial charge in [0.05, 0.1) is 18.6 Å². The molecule has 0 rings (SSSR count). The summed E-state index contributed by atoms with van der Waals surface area (Å²) in [4.78, 5) is 11.0. The molecule has 4 heteroatoms. The molecule has 0 aromatic heterocycles. The van der Waals surface area contributed by atoms with E-state index in [1.165, 1.54) is 0 Å². The van der Waals surface area contributed by atoms with Crippen LogP contribution in [0.1, 0.15) is 27.7 Å². The van der Waals surface area contributed by atoms with Crippen LogP contribution >= 0.6 is 0 Å². The van der Waals surface area contributed by atoms with E-state index in [2.05, 4.69) is 0 Å². The van der Waals surface area contributed by atoms with E-state index in [1.54, 1.807) is 13.8 Å². The van der Waals surface area contributed by atoms with Gasteiger partial charge in [-0.1, -0.05) is 13.8 Å². The molecule has 4 nitrogen and oxygen atoms in total. The zero-order valence-electron chi connectivity index (χ0n) is 9.32. The third-order valence-corrected chi connectivity index (χ3v) is 1.51. The zero-order valence-corrected chi connectivity index (χ0v) is 9.32. The smallest absolute Gasteiger partial charge is 0.308 e. The monoisotopic (exact) mass is 204 g/mol. The molecule has 1 unspecified atom stereocenters. The minimum Gasteiger partial charge on any atom is -0.463 e. The SMILES string of the molecule is CC(C)OCC(O)COC(=O)C(C)C. The number of carbonyl (C=O) groups excluding carboxylic acids is 1. The van der Waals surface area contributed by atoms with Crippen molar-refractivity contribution in [1.82, 2.24) is 0 Å². The molecule has 0 heterocycles. The minimum absolute atomic E-state index is 0.00370. The lowest BCUT2D eigenvalue weighted by Gasteiger charge is -2.14. The van der Waals surface area contributed by atoms with Crippen molar-refractivity contribution in [3.05, 3.63) is 0 Å². The molecule has 0 aliphatic rings. The average Bonchev–Trinajstić information content (AvgIpc) is 2.10. The van der Waals surface area contributed by atoms with E-state index < -0.39 is 6.10 Å². The Hall–Kier alpha value is -0.610. The molecule has 0 spiro atoms. The number of aliphatic hydroxyl groups is 1. The zero-order chi connectivity index (χ0) is 11.1. The molecule has 0 aromatic rings. The van der Waals surface area contributed by atoms with Crippen LogP contribution in [-0.4, -0.2) is 36.5 Å². The van der Waals surface area contributed by atoms with E-state index in [0.29, 0.717) is 0 Å². The molecule has 84 valence electrons. The first kappa shape index (κ1) is 13.4. The fourth-order valence-corrected chi connectivity index (χ4v) is 0.697. The van der Waals surface area contributed by atoms with Crippen molar-refractivity contribution in [3.63, 3.8) is 0 Å². The van der Waals surface area contributed by atoms with Crippen LogP contribution in [0.15, 0.2) is 0 Å². The van der Waals surface area contributed by atoms with E-state index in [1.807, 2.05) is 13.8 Å². The molecule has 0 aliphatic heterocycles.